The number of aryl methyl sites for hydroxylation is 1. The first-order valence-electron chi connectivity index (χ1n) is 7.14. The Morgan fingerprint density at radius 1 is 0.947 bits per heavy atom. The van der Waals surface area contributed by atoms with E-state index in [1.807, 2.05) is 0 Å². The van der Waals surface area contributed by atoms with Crippen LogP contribution in [0.2, 0.25) is 0 Å². The first-order valence-corrected chi connectivity index (χ1v) is 7.14. The van der Waals surface area contributed by atoms with Gasteiger partial charge in [-0.3, -0.25) is 0 Å². The van der Waals surface area contributed by atoms with Crippen LogP contribution in [0.4, 0.5) is 0 Å². The number of benzene rings is 1. The number of hydrogen-bond acceptors (Lipinski definition) is 0. The van der Waals surface area contributed by atoms with Gasteiger partial charge in [-0.2, -0.15) is 0 Å². The Hall–Kier alpha value is -1.82. The maximum Gasteiger partial charge on any atom is -0.0102 e. The molecule has 2 aliphatic rings. The topological polar surface area (TPSA) is 0 Å². The van der Waals surface area contributed by atoms with Crippen LogP contribution in [0.15, 0.2) is 48.5 Å². The van der Waals surface area contributed by atoms with Crippen LogP contribution in [-0.4, -0.2) is 0 Å². The smallest absolute Gasteiger partial charge is 0.0102 e. The van der Waals surface area contributed by atoms with E-state index in [0.29, 0.717) is 5.92 Å². The van der Waals surface area contributed by atoms with Gasteiger partial charge in [0, 0.05) is 0 Å². The van der Waals surface area contributed by atoms with Crippen molar-refractivity contribution in [3.63, 3.8) is 0 Å². The fourth-order valence-corrected chi connectivity index (χ4v) is 2.73. The molecule has 0 saturated heterocycles. The van der Waals surface area contributed by atoms with Gasteiger partial charge in [0.1, 0.15) is 0 Å². The summed E-state index contributed by atoms with van der Waals surface area (Å²) in [4.78, 5) is 0. The maximum absolute atomic E-state index is 2.34. The number of hydrogen-bond donors (Lipinski definition) is 0. The highest BCUT2D eigenvalue weighted by molar-refractivity contribution is 6.02. The zero-order chi connectivity index (χ0) is 13.4. The second-order valence-electron chi connectivity index (χ2n) is 5.61. The van der Waals surface area contributed by atoms with Crippen molar-refractivity contribution < 1.29 is 0 Å². The predicted molar refractivity (Wildman–Crippen MR) is 84.0 cm³/mol. The Labute approximate surface area is 115 Å². The average molecular weight is 248 g/mol. The second kappa shape index (κ2) is 4.70. The molecular weight excluding hydrogens is 228 g/mol. The minimum absolute atomic E-state index is 0.569. The molecule has 0 bridgehead atoms. The summed E-state index contributed by atoms with van der Waals surface area (Å²) >= 11 is 0. The fraction of sp³-hybridized carbons (Fsp3) is 0.263. The third-order valence-electron chi connectivity index (χ3n) is 3.98. The van der Waals surface area contributed by atoms with Gasteiger partial charge >= 0.3 is 0 Å². The van der Waals surface area contributed by atoms with Crippen molar-refractivity contribution >= 4 is 10.8 Å². The molecule has 0 saturated carbocycles. The van der Waals surface area contributed by atoms with Gasteiger partial charge in [-0.1, -0.05) is 63.2 Å². The van der Waals surface area contributed by atoms with Crippen LogP contribution in [0, 0.1) is 0 Å². The molecule has 0 spiro atoms. The van der Waals surface area contributed by atoms with Crippen molar-refractivity contribution in [2.24, 2.45) is 0 Å². The molecule has 0 heterocycles. The van der Waals surface area contributed by atoms with Crippen LogP contribution in [0.1, 0.15) is 37.8 Å². The van der Waals surface area contributed by atoms with Gasteiger partial charge in [0.15, 0.2) is 0 Å². The molecule has 0 unspecified atom stereocenters. The molecule has 2 aliphatic carbocycles. The third-order valence-corrected chi connectivity index (χ3v) is 3.98. The van der Waals surface area contributed by atoms with Crippen molar-refractivity contribution in [2.45, 2.75) is 33.1 Å². The van der Waals surface area contributed by atoms with E-state index in [2.05, 4.69) is 69.3 Å². The molecule has 96 valence electrons. The molecule has 0 radical (unpaired) electrons. The minimum Gasteiger partial charge on any atom is -0.0613 e. The molecule has 0 atom stereocenters. The lowest BCUT2D eigenvalue weighted by Crippen LogP contribution is -1.82. The summed E-state index contributed by atoms with van der Waals surface area (Å²) < 4.78 is 0. The molecule has 0 nitrogen and oxygen atoms in total. The summed E-state index contributed by atoms with van der Waals surface area (Å²) in [7, 11) is 0. The van der Waals surface area contributed by atoms with Crippen LogP contribution in [0.5, 0.6) is 0 Å². The largest absolute Gasteiger partial charge is 0.0613 e. The molecule has 0 fully saturated rings. The van der Waals surface area contributed by atoms with Crippen molar-refractivity contribution in [1.82, 2.24) is 0 Å². The van der Waals surface area contributed by atoms with E-state index in [1.165, 1.54) is 33.0 Å². The molecule has 0 aromatic heterocycles. The Bertz CT molecular complexity index is 692. The highest BCUT2D eigenvalue weighted by atomic mass is 14.1. The van der Waals surface area contributed by atoms with Crippen LogP contribution in [-0.2, 0) is 6.42 Å². The van der Waals surface area contributed by atoms with Gasteiger partial charge in [-0.15, -0.1) is 0 Å². The van der Waals surface area contributed by atoms with E-state index in [9.17, 15) is 0 Å². The van der Waals surface area contributed by atoms with E-state index in [1.54, 1.807) is 0 Å². The SMILES string of the molecule is CCc1ccc2cc3cc(C(C)C)cccc-3c2c1. The van der Waals surface area contributed by atoms with Crippen molar-refractivity contribution in [2.75, 3.05) is 0 Å². The van der Waals surface area contributed by atoms with Crippen molar-refractivity contribution in [3.8, 4) is 11.1 Å². The monoisotopic (exact) mass is 248 g/mol. The normalized spacial score (nSPS) is 11.6. The van der Waals surface area contributed by atoms with Gasteiger partial charge in [-0.25, -0.2) is 0 Å². The van der Waals surface area contributed by atoms with Gasteiger partial charge in [0.25, 0.3) is 0 Å². The lowest BCUT2D eigenvalue weighted by Gasteiger charge is -2.01. The summed E-state index contributed by atoms with van der Waals surface area (Å²) in [6.07, 6.45) is 1.10. The molecule has 0 amide bonds. The molecular formula is C19H20. The van der Waals surface area contributed by atoms with Gasteiger partial charge < -0.3 is 0 Å². The van der Waals surface area contributed by atoms with Crippen molar-refractivity contribution in [3.05, 3.63) is 59.7 Å². The molecule has 1 aromatic rings. The van der Waals surface area contributed by atoms with E-state index >= 15 is 0 Å². The van der Waals surface area contributed by atoms with E-state index in [0.717, 1.165) is 6.42 Å². The highest BCUT2D eigenvalue weighted by Crippen LogP contribution is 2.35. The summed E-state index contributed by atoms with van der Waals surface area (Å²) in [5.74, 6) is 0.569. The zero-order valence-corrected chi connectivity index (χ0v) is 11.9. The molecule has 3 rings (SSSR count). The van der Waals surface area contributed by atoms with E-state index in [4.69, 9.17) is 0 Å². The summed E-state index contributed by atoms with van der Waals surface area (Å²) in [6.45, 7) is 6.71. The molecule has 0 aliphatic heterocycles. The Balaban J connectivity index is 2.28. The lowest BCUT2D eigenvalue weighted by molar-refractivity contribution is 0.869. The van der Waals surface area contributed by atoms with Gasteiger partial charge in [0.05, 0.1) is 0 Å². The predicted octanol–water partition coefficient (Wildman–Crippen LogP) is 5.63. The Morgan fingerprint density at radius 3 is 2.53 bits per heavy atom. The first kappa shape index (κ1) is 12.2. The first-order chi connectivity index (χ1) is 9.19. The summed E-state index contributed by atoms with van der Waals surface area (Å²) in [5, 5.41) is 2.74. The standard InChI is InChI=1S/C19H20/c1-4-14-8-9-16-12-17-11-15(13(2)3)6-5-7-18(17)19(16)10-14/h5-13H,4H2,1-3H3. The van der Waals surface area contributed by atoms with E-state index in [-0.39, 0.29) is 0 Å². The minimum atomic E-state index is 0.569. The summed E-state index contributed by atoms with van der Waals surface area (Å²) in [5.41, 5.74) is 5.55. The third kappa shape index (κ3) is 2.12. The molecule has 1 aromatic carbocycles. The zero-order valence-electron chi connectivity index (χ0n) is 11.9. The quantitative estimate of drug-likeness (QED) is 0.551. The summed E-state index contributed by atoms with van der Waals surface area (Å²) in [6, 6.07) is 18.2. The van der Waals surface area contributed by atoms with Gasteiger partial charge in [-0.05, 0) is 51.4 Å². The lowest BCUT2D eigenvalue weighted by atomic mass is 10.0. The maximum atomic E-state index is 2.34. The fourth-order valence-electron chi connectivity index (χ4n) is 2.73. The van der Waals surface area contributed by atoms with Gasteiger partial charge in [0.2, 0.25) is 0 Å². The van der Waals surface area contributed by atoms with Crippen LogP contribution in [0.3, 0.4) is 0 Å². The second-order valence-corrected chi connectivity index (χ2v) is 5.61. The average Bonchev–Trinajstić information content (AvgIpc) is 2.60. The number of rotatable bonds is 2. The number of fused-ring (bicyclic) bond motifs is 3. The highest BCUT2D eigenvalue weighted by Gasteiger charge is 2.10. The molecule has 0 N–H and O–H groups in total. The van der Waals surface area contributed by atoms with Crippen LogP contribution < -0.4 is 0 Å². The van der Waals surface area contributed by atoms with Crippen LogP contribution >= 0.6 is 0 Å². The molecule has 0 heteroatoms. The van der Waals surface area contributed by atoms with Crippen LogP contribution in [0.25, 0.3) is 21.9 Å². The molecule has 19 heavy (non-hydrogen) atoms. The van der Waals surface area contributed by atoms with Crippen molar-refractivity contribution in [1.29, 1.82) is 0 Å². The van der Waals surface area contributed by atoms with E-state index < -0.39 is 0 Å². The Kier molecular flexibility index (Phi) is 3.02. The Morgan fingerprint density at radius 2 is 1.79 bits per heavy atom.